The molecule has 0 aliphatic heterocycles. The van der Waals surface area contributed by atoms with Gasteiger partial charge < -0.3 is 20.1 Å². The van der Waals surface area contributed by atoms with Gasteiger partial charge in [0.15, 0.2) is 5.96 Å². The second kappa shape index (κ2) is 12.0. The molecule has 2 N–H and O–H groups in total. The van der Waals surface area contributed by atoms with Crippen LogP contribution in [0.25, 0.3) is 0 Å². The number of aliphatic imine (C=N–C) groups is 1. The topological polar surface area (TPSA) is 54.9 Å². The van der Waals surface area contributed by atoms with Crippen molar-refractivity contribution in [3.05, 3.63) is 28.8 Å². The molecular formula is C17H28ClN3O2. The summed E-state index contributed by atoms with van der Waals surface area (Å²) in [6.45, 7) is 5.27. The molecule has 0 radical (unpaired) electrons. The van der Waals surface area contributed by atoms with Crippen molar-refractivity contribution in [1.82, 2.24) is 10.6 Å². The number of rotatable bonds is 10. The van der Waals surface area contributed by atoms with Gasteiger partial charge in [-0.2, -0.15) is 0 Å². The van der Waals surface area contributed by atoms with Gasteiger partial charge in [0.1, 0.15) is 5.75 Å². The fourth-order valence-corrected chi connectivity index (χ4v) is 2.34. The van der Waals surface area contributed by atoms with Crippen LogP contribution in [-0.4, -0.2) is 46.4 Å². The largest absolute Gasteiger partial charge is 0.497 e. The first kappa shape index (κ1) is 19.6. The molecule has 0 heterocycles. The van der Waals surface area contributed by atoms with Crippen LogP contribution < -0.4 is 15.4 Å². The fourth-order valence-electron chi connectivity index (χ4n) is 2.07. The SMILES string of the molecule is CCOCCCCNC(=NC)NCCc1ccc(OC)cc1Cl. The number of benzene rings is 1. The Morgan fingerprint density at radius 2 is 2.00 bits per heavy atom. The zero-order chi connectivity index (χ0) is 16.9. The lowest BCUT2D eigenvalue weighted by atomic mass is 10.1. The lowest BCUT2D eigenvalue weighted by Gasteiger charge is -2.12. The van der Waals surface area contributed by atoms with E-state index in [-0.39, 0.29) is 0 Å². The van der Waals surface area contributed by atoms with E-state index in [9.17, 15) is 0 Å². The van der Waals surface area contributed by atoms with Gasteiger partial charge in [0.05, 0.1) is 7.11 Å². The van der Waals surface area contributed by atoms with Crippen LogP contribution >= 0.6 is 11.6 Å². The van der Waals surface area contributed by atoms with Crippen LogP contribution in [0.2, 0.25) is 5.02 Å². The van der Waals surface area contributed by atoms with E-state index in [1.54, 1.807) is 14.2 Å². The normalized spacial score (nSPS) is 11.4. The van der Waals surface area contributed by atoms with Gasteiger partial charge in [0.2, 0.25) is 0 Å². The highest BCUT2D eigenvalue weighted by Crippen LogP contribution is 2.22. The Morgan fingerprint density at radius 3 is 2.65 bits per heavy atom. The maximum absolute atomic E-state index is 6.24. The second-order valence-corrected chi connectivity index (χ2v) is 5.44. The zero-order valence-electron chi connectivity index (χ0n) is 14.3. The molecule has 0 fully saturated rings. The molecule has 130 valence electrons. The summed E-state index contributed by atoms with van der Waals surface area (Å²) in [4.78, 5) is 4.21. The average Bonchev–Trinajstić information content (AvgIpc) is 2.57. The summed E-state index contributed by atoms with van der Waals surface area (Å²) in [5.74, 6) is 1.59. The number of hydrogen-bond donors (Lipinski definition) is 2. The van der Waals surface area contributed by atoms with Gasteiger partial charge in [-0.25, -0.2) is 0 Å². The molecule has 1 aromatic rings. The predicted octanol–water partition coefficient (Wildman–Crippen LogP) is 2.87. The lowest BCUT2D eigenvalue weighted by molar-refractivity contribution is 0.143. The van der Waals surface area contributed by atoms with E-state index in [1.807, 2.05) is 25.1 Å². The molecular weight excluding hydrogens is 314 g/mol. The van der Waals surface area contributed by atoms with Crippen LogP contribution in [0.4, 0.5) is 0 Å². The Bertz CT molecular complexity index is 481. The fraction of sp³-hybridized carbons (Fsp3) is 0.588. The number of hydrogen-bond acceptors (Lipinski definition) is 3. The van der Waals surface area contributed by atoms with Crippen molar-refractivity contribution >= 4 is 17.6 Å². The minimum absolute atomic E-state index is 0.727. The number of methoxy groups -OCH3 is 1. The molecule has 6 heteroatoms. The van der Waals surface area contributed by atoms with E-state index in [4.69, 9.17) is 21.1 Å². The van der Waals surface area contributed by atoms with Crippen molar-refractivity contribution in [2.45, 2.75) is 26.2 Å². The standard InChI is InChI=1S/C17H28ClN3O2/c1-4-23-12-6-5-10-20-17(19-2)21-11-9-14-7-8-15(22-3)13-16(14)18/h7-8,13H,4-6,9-12H2,1-3H3,(H2,19,20,21). The quantitative estimate of drug-likeness (QED) is 0.390. The Labute approximate surface area is 144 Å². The summed E-state index contributed by atoms with van der Waals surface area (Å²) in [6.07, 6.45) is 2.94. The maximum atomic E-state index is 6.24. The summed E-state index contributed by atoms with van der Waals surface area (Å²) < 4.78 is 10.5. The molecule has 0 aliphatic carbocycles. The number of unbranched alkanes of at least 4 members (excludes halogenated alkanes) is 1. The zero-order valence-corrected chi connectivity index (χ0v) is 15.1. The first-order valence-corrected chi connectivity index (χ1v) is 8.43. The first-order chi connectivity index (χ1) is 11.2. The van der Waals surface area contributed by atoms with E-state index >= 15 is 0 Å². The molecule has 0 spiro atoms. The molecule has 1 rings (SSSR count). The molecule has 0 unspecified atom stereocenters. The average molecular weight is 342 g/mol. The van der Waals surface area contributed by atoms with Crippen LogP contribution in [0.15, 0.2) is 23.2 Å². The lowest BCUT2D eigenvalue weighted by Crippen LogP contribution is -2.38. The highest BCUT2D eigenvalue weighted by Gasteiger charge is 2.03. The van der Waals surface area contributed by atoms with Crippen LogP contribution in [0.5, 0.6) is 5.75 Å². The smallest absolute Gasteiger partial charge is 0.190 e. The van der Waals surface area contributed by atoms with Crippen molar-refractivity contribution in [3.8, 4) is 5.75 Å². The van der Waals surface area contributed by atoms with Gasteiger partial charge in [-0.3, -0.25) is 4.99 Å². The molecule has 0 saturated heterocycles. The number of nitrogens with zero attached hydrogens (tertiary/aromatic N) is 1. The van der Waals surface area contributed by atoms with Gasteiger partial charge in [-0.15, -0.1) is 0 Å². The van der Waals surface area contributed by atoms with E-state index in [0.29, 0.717) is 0 Å². The van der Waals surface area contributed by atoms with Gasteiger partial charge in [0.25, 0.3) is 0 Å². The molecule has 0 bridgehead atoms. The van der Waals surface area contributed by atoms with Gasteiger partial charge in [0, 0.05) is 38.4 Å². The molecule has 1 aromatic carbocycles. The third kappa shape index (κ3) is 8.09. The van der Waals surface area contributed by atoms with E-state index in [0.717, 1.165) is 67.9 Å². The molecule has 0 aromatic heterocycles. The third-order valence-corrected chi connectivity index (χ3v) is 3.73. The van der Waals surface area contributed by atoms with Crippen molar-refractivity contribution < 1.29 is 9.47 Å². The monoisotopic (exact) mass is 341 g/mol. The summed E-state index contributed by atoms with van der Waals surface area (Å²) in [5, 5.41) is 7.32. The Kier molecular flexibility index (Phi) is 10.2. The van der Waals surface area contributed by atoms with Crippen LogP contribution in [-0.2, 0) is 11.2 Å². The van der Waals surface area contributed by atoms with Crippen molar-refractivity contribution in [1.29, 1.82) is 0 Å². The van der Waals surface area contributed by atoms with E-state index in [1.165, 1.54) is 0 Å². The van der Waals surface area contributed by atoms with Crippen molar-refractivity contribution in [2.24, 2.45) is 4.99 Å². The number of nitrogens with one attached hydrogen (secondary N) is 2. The minimum Gasteiger partial charge on any atom is -0.497 e. The van der Waals surface area contributed by atoms with Gasteiger partial charge in [-0.05, 0) is 43.9 Å². The Hall–Kier alpha value is -1.46. The highest BCUT2D eigenvalue weighted by atomic mass is 35.5. The van der Waals surface area contributed by atoms with Crippen molar-refractivity contribution in [3.63, 3.8) is 0 Å². The Morgan fingerprint density at radius 1 is 1.22 bits per heavy atom. The van der Waals surface area contributed by atoms with Gasteiger partial charge in [-0.1, -0.05) is 17.7 Å². The predicted molar refractivity (Wildman–Crippen MR) is 96.8 cm³/mol. The summed E-state index contributed by atoms with van der Waals surface area (Å²) in [5.41, 5.74) is 1.09. The highest BCUT2D eigenvalue weighted by molar-refractivity contribution is 6.31. The van der Waals surface area contributed by atoms with Crippen LogP contribution in [0.3, 0.4) is 0 Å². The number of halogens is 1. The summed E-state index contributed by atoms with van der Waals surface area (Å²) in [6, 6.07) is 5.75. The van der Waals surface area contributed by atoms with E-state index < -0.39 is 0 Å². The summed E-state index contributed by atoms with van der Waals surface area (Å²) in [7, 11) is 3.41. The van der Waals surface area contributed by atoms with Crippen LogP contribution in [0, 0.1) is 0 Å². The molecule has 23 heavy (non-hydrogen) atoms. The number of guanidine groups is 1. The van der Waals surface area contributed by atoms with E-state index in [2.05, 4.69) is 15.6 Å². The third-order valence-electron chi connectivity index (χ3n) is 3.38. The molecule has 0 aliphatic rings. The first-order valence-electron chi connectivity index (χ1n) is 8.06. The minimum atomic E-state index is 0.727. The molecule has 0 amide bonds. The number of ether oxygens (including phenoxy) is 2. The van der Waals surface area contributed by atoms with Crippen molar-refractivity contribution in [2.75, 3.05) is 40.5 Å². The Balaban J connectivity index is 2.24. The summed E-state index contributed by atoms with van der Waals surface area (Å²) >= 11 is 6.24. The van der Waals surface area contributed by atoms with Gasteiger partial charge >= 0.3 is 0 Å². The maximum Gasteiger partial charge on any atom is 0.190 e. The second-order valence-electron chi connectivity index (χ2n) is 5.04. The molecule has 0 atom stereocenters. The molecule has 0 saturated carbocycles. The molecule has 5 nitrogen and oxygen atoms in total. The van der Waals surface area contributed by atoms with Crippen LogP contribution in [0.1, 0.15) is 25.3 Å².